The molecule has 0 radical (unpaired) electrons. The van der Waals surface area contributed by atoms with Crippen molar-refractivity contribution in [3.63, 3.8) is 0 Å². The smallest absolute Gasteiger partial charge is 0.254 e. The molecule has 2 heterocycles. The first-order chi connectivity index (χ1) is 10.3. The van der Waals surface area contributed by atoms with Gasteiger partial charge in [-0.25, -0.2) is 4.39 Å². The van der Waals surface area contributed by atoms with Crippen LogP contribution in [0.5, 0.6) is 0 Å². The van der Waals surface area contributed by atoms with Crippen LogP contribution in [0.4, 0.5) is 4.39 Å². The lowest BCUT2D eigenvalue weighted by Gasteiger charge is -2.28. The summed E-state index contributed by atoms with van der Waals surface area (Å²) in [5.41, 5.74) is 1.28. The largest absolute Gasteiger partial charge is 0.378 e. The van der Waals surface area contributed by atoms with Gasteiger partial charge in [0.15, 0.2) is 0 Å². The van der Waals surface area contributed by atoms with E-state index in [0.29, 0.717) is 37.4 Å². The van der Waals surface area contributed by atoms with Gasteiger partial charge in [0.05, 0.1) is 13.2 Å². The molecule has 2 fully saturated rings. The van der Waals surface area contributed by atoms with E-state index in [1.807, 2.05) is 0 Å². The van der Waals surface area contributed by atoms with Crippen molar-refractivity contribution in [1.29, 1.82) is 0 Å². The molecule has 0 saturated carbocycles. The second-order valence-electron chi connectivity index (χ2n) is 5.67. The van der Waals surface area contributed by atoms with E-state index in [1.54, 1.807) is 17.0 Å². The molecule has 0 spiro atoms. The lowest BCUT2D eigenvalue weighted by molar-refractivity contribution is 0.0302. The third-order valence-electron chi connectivity index (χ3n) is 4.32. The number of carbonyl (C=O) groups is 1. The van der Waals surface area contributed by atoms with Crippen LogP contribution >= 0.6 is 12.4 Å². The lowest BCUT2D eigenvalue weighted by atomic mass is 9.89. The van der Waals surface area contributed by atoms with Crippen LogP contribution in [0.3, 0.4) is 0 Å². The molecular weight excluding hydrogens is 307 g/mol. The molecule has 2 saturated heterocycles. The number of amides is 1. The second-order valence-corrected chi connectivity index (χ2v) is 5.67. The van der Waals surface area contributed by atoms with Crippen LogP contribution in [0.2, 0.25) is 0 Å². The third-order valence-corrected chi connectivity index (χ3v) is 4.32. The van der Waals surface area contributed by atoms with Crippen molar-refractivity contribution < 1.29 is 13.9 Å². The Hall–Kier alpha value is -1.17. The van der Waals surface area contributed by atoms with Gasteiger partial charge in [-0.05, 0) is 55.6 Å². The van der Waals surface area contributed by atoms with Crippen molar-refractivity contribution in [2.45, 2.75) is 18.8 Å². The standard InChI is InChI=1S/C16H21FN2O2.ClH/c17-15-2-1-13(16(20)19-7-9-21-10-8-19)11-14(15)12-3-5-18-6-4-12;/h1-2,11-12,18H,3-10H2;1H. The first-order valence-electron chi connectivity index (χ1n) is 7.63. The quantitative estimate of drug-likeness (QED) is 0.905. The number of halogens is 2. The Kier molecular flexibility index (Phi) is 6.17. The molecular formula is C16H22ClFN2O2. The van der Waals surface area contributed by atoms with Gasteiger partial charge >= 0.3 is 0 Å². The molecule has 1 aromatic rings. The Bertz CT molecular complexity index is 515. The van der Waals surface area contributed by atoms with Gasteiger partial charge in [-0.15, -0.1) is 12.4 Å². The van der Waals surface area contributed by atoms with Gasteiger partial charge in [0, 0.05) is 18.7 Å². The molecule has 1 N–H and O–H groups in total. The van der Waals surface area contributed by atoms with Gasteiger partial charge < -0.3 is 15.0 Å². The fourth-order valence-electron chi connectivity index (χ4n) is 3.07. The van der Waals surface area contributed by atoms with Crippen LogP contribution in [-0.2, 0) is 4.74 Å². The van der Waals surface area contributed by atoms with Crippen LogP contribution in [0, 0.1) is 5.82 Å². The van der Waals surface area contributed by atoms with E-state index >= 15 is 0 Å². The predicted molar refractivity (Wildman–Crippen MR) is 85.2 cm³/mol. The number of nitrogens with one attached hydrogen (secondary N) is 1. The summed E-state index contributed by atoms with van der Waals surface area (Å²) in [5.74, 6) is -0.00222. The number of ether oxygens (including phenoxy) is 1. The number of piperidine rings is 1. The molecule has 4 nitrogen and oxygen atoms in total. The van der Waals surface area contributed by atoms with Crippen molar-refractivity contribution >= 4 is 18.3 Å². The highest BCUT2D eigenvalue weighted by atomic mass is 35.5. The minimum Gasteiger partial charge on any atom is -0.378 e. The zero-order valence-electron chi connectivity index (χ0n) is 12.5. The number of nitrogens with zero attached hydrogens (tertiary/aromatic N) is 1. The van der Waals surface area contributed by atoms with Gasteiger partial charge in [-0.1, -0.05) is 0 Å². The Morgan fingerprint density at radius 2 is 1.91 bits per heavy atom. The van der Waals surface area contributed by atoms with Crippen molar-refractivity contribution in [2.75, 3.05) is 39.4 Å². The molecule has 1 aromatic carbocycles. The van der Waals surface area contributed by atoms with Crippen LogP contribution in [0.1, 0.15) is 34.7 Å². The van der Waals surface area contributed by atoms with E-state index in [9.17, 15) is 9.18 Å². The maximum atomic E-state index is 14.1. The van der Waals surface area contributed by atoms with Crippen LogP contribution in [0.15, 0.2) is 18.2 Å². The highest BCUT2D eigenvalue weighted by Crippen LogP contribution is 2.28. The summed E-state index contributed by atoms with van der Waals surface area (Å²) in [6.45, 7) is 4.19. The summed E-state index contributed by atoms with van der Waals surface area (Å²) < 4.78 is 19.4. The van der Waals surface area contributed by atoms with Crippen molar-refractivity contribution in [1.82, 2.24) is 10.2 Å². The van der Waals surface area contributed by atoms with E-state index in [2.05, 4.69) is 5.32 Å². The van der Waals surface area contributed by atoms with Gasteiger partial charge in [-0.2, -0.15) is 0 Å². The molecule has 22 heavy (non-hydrogen) atoms. The molecule has 2 aliphatic heterocycles. The summed E-state index contributed by atoms with van der Waals surface area (Å²) in [5, 5.41) is 3.28. The first-order valence-corrected chi connectivity index (χ1v) is 7.63. The van der Waals surface area contributed by atoms with Crippen molar-refractivity contribution in [3.05, 3.63) is 35.1 Å². The first kappa shape index (κ1) is 17.2. The van der Waals surface area contributed by atoms with Crippen LogP contribution in [0.25, 0.3) is 0 Å². The molecule has 0 aliphatic carbocycles. The lowest BCUT2D eigenvalue weighted by Crippen LogP contribution is -2.40. The Balaban J connectivity index is 0.00000176. The number of morpholine rings is 1. The van der Waals surface area contributed by atoms with Gasteiger partial charge in [0.25, 0.3) is 5.91 Å². The summed E-state index contributed by atoms with van der Waals surface area (Å²) >= 11 is 0. The zero-order valence-corrected chi connectivity index (χ0v) is 13.3. The fourth-order valence-corrected chi connectivity index (χ4v) is 3.07. The summed E-state index contributed by atoms with van der Waals surface area (Å²) in [6.07, 6.45) is 1.85. The van der Waals surface area contributed by atoms with E-state index in [-0.39, 0.29) is 30.0 Å². The average Bonchev–Trinajstić information content (AvgIpc) is 2.56. The highest BCUT2D eigenvalue weighted by molar-refractivity contribution is 5.94. The van der Waals surface area contributed by atoms with Crippen LogP contribution in [-0.4, -0.2) is 50.2 Å². The number of hydrogen-bond acceptors (Lipinski definition) is 3. The summed E-state index contributed by atoms with van der Waals surface area (Å²) in [4.78, 5) is 14.3. The zero-order chi connectivity index (χ0) is 14.7. The Labute approximate surface area is 136 Å². The molecule has 0 aromatic heterocycles. The average molecular weight is 329 g/mol. The SMILES string of the molecule is Cl.O=C(c1ccc(F)c(C2CCNCC2)c1)N1CCOCC1. The topological polar surface area (TPSA) is 41.6 Å². The monoisotopic (exact) mass is 328 g/mol. The normalized spacial score (nSPS) is 19.6. The minimum atomic E-state index is -0.194. The number of rotatable bonds is 2. The van der Waals surface area contributed by atoms with E-state index in [1.165, 1.54) is 6.07 Å². The second kappa shape index (κ2) is 7.90. The summed E-state index contributed by atoms with van der Waals surface area (Å²) in [7, 11) is 0. The molecule has 0 unspecified atom stereocenters. The molecule has 1 amide bonds. The summed E-state index contributed by atoms with van der Waals surface area (Å²) in [6, 6.07) is 4.78. The van der Waals surface area contributed by atoms with Crippen molar-refractivity contribution in [2.24, 2.45) is 0 Å². The minimum absolute atomic E-state index is 0. The van der Waals surface area contributed by atoms with E-state index < -0.39 is 0 Å². The van der Waals surface area contributed by atoms with Gasteiger partial charge in [0.1, 0.15) is 5.82 Å². The molecule has 0 bridgehead atoms. The predicted octanol–water partition coefficient (Wildman–Crippen LogP) is 2.19. The Morgan fingerprint density at radius 1 is 1.23 bits per heavy atom. The van der Waals surface area contributed by atoms with E-state index in [0.717, 1.165) is 25.9 Å². The van der Waals surface area contributed by atoms with Crippen LogP contribution < -0.4 is 5.32 Å². The number of carbonyl (C=O) groups excluding carboxylic acids is 1. The third kappa shape index (κ3) is 3.77. The maximum Gasteiger partial charge on any atom is 0.254 e. The molecule has 3 rings (SSSR count). The van der Waals surface area contributed by atoms with E-state index in [4.69, 9.17) is 4.74 Å². The molecule has 122 valence electrons. The van der Waals surface area contributed by atoms with Gasteiger partial charge in [-0.3, -0.25) is 4.79 Å². The van der Waals surface area contributed by atoms with Crippen molar-refractivity contribution in [3.8, 4) is 0 Å². The number of hydrogen-bond donors (Lipinski definition) is 1. The van der Waals surface area contributed by atoms with Gasteiger partial charge in [0.2, 0.25) is 0 Å². The fraction of sp³-hybridized carbons (Fsp3) is 0.562. The maximum absolute atomic E-state index is 14.1. The highest BCUT2D eigenvalue weighted by Gasteiger charge is 2.23. The molecule has 2 aliphatic rings. The Morgan fingerprint density at radius 3 is 2.59 bits per heavy atom. The number of benzene rings is 1. The molecule has 0 atom stereocenters. The molecule has 6 heteroatoms.